The lowest BCUT2D eigenvalue weighted by Crippen LogP contribution is -2.23. The Bertz CT molecular complexity index is 279. The van der Waals surface area contributed by atoms with Gasteiger partial charge in [0.2, 0.25) is 0 Å². The van der Waals surface area contributed by atoms with E-state index < -0.39 is 18.0 Å². The number of carboxylic acid groups (broad SMARTS) is 1. The van der Waals surface area contributed by atoms with Gasteiger partial charge < -0.3 is 10.2 Å². The normalized spacial score (nSPS) is 14.9. The molecule has 0 aliphatic heterocycles. The molecule has 2 atom stereocenters. The second kappa shape index (κ2) is 4.05. The summed E-state index contributed by atoms with van der Waals surface area (Å²) in [5.41, 5.74) is 0.630. The third-order valence-corrected chi connectivity index (χ3v) is 1.91. The van der Waals surface area contributed by atoms with Gasteiger partial charge in [0.25, 0.3) is 0 Å². The third-order valence-electron chi connectivity index (χ3n) is 1.91. The van der Waals surface area contributed by atoms with Gasteiger partial charge in [0.1, 0.15) is 5.92 Å². The Morgan fingerprint density at radius 2 is 1.85 bits per heavy atom. The Kier molecular flexibility index (Phi) is 3.03. The van der Waals surface area contributed by atoms with Gasteiger partial charge in [-0.25, -0.2) is 0 Å². The number of hydrogen-bond donors (Lipinski definition) is 2. The maximum absolute atomic E-state index is 10.8. The SMILES string of the molecule is C[C@@H](O)C(C(=O)O)c1ccccc1. The smallest absolute Gasteiger partial charge is 0.313 e. The Hall–Kier alpha value is -1.35. The first-order chi connectivity index (χ1) is 6.13. The van der Waals surface area contributed by atoms with Crippen LogP contribution < -0.4 is 0 Å². The molecule has 70 valence electrons. The Balaban J connectivity index is 2.96. The molecule has 0 aliphatic rings. The highest BCUT2D eigenvalue weighted by atomic mass is 16.4. The summed E-state index contributed by atoms with van der Waals surface area (Å²) in [5, 5.41) is 18.1. The summed E-state index contributed by atoms with van der Waals surface area (Å²) in [4.78, 5) is 10.8. The fourth-order valence-corrected chi connectivity index (χ4v) is 1.29. The van der Waals surface area contributed by atoms with Crippen LogP contribution in [0.3, 0.4) is 0 Å². The predicted molar refractivity (Wildman–Crippen MR) is 48.5 cm³/mol. The Labute approximate surface area is 76.6 Å². The van der Waals surface area contributed by atoms with Crippen LogP contribution in [0.25, 0.3) is 0 Å². The highest BCUT2D eigenvalue weighted by molar-refractivity contribution is 5.76. The molecule has 0 heterocycles. The summed E-state index contributed by atoms with van der Waals surface area (Å²) in [6.45, 7) is 1.48. The molecule has 0 fully saturated rings. The van der Waals surface area contributed by atoms with Crippen molar-refractivity contribution in [1.82, 2.24) is 0 Å². The molecular weight excluding hydrogens is 168 g/mol. The lowest BCUT2D eigenvalue weighted by atomic mass is 9.95. The van der Waals surface area contributed by atoms with Crippen molar-refractivity contribution >= 4 is 5.97 Å². The largest absolute Gasteiger partial charge is 0.481 e. The van der Waals surface area contributed by atoms with Gasteiger partial charge >= 0.3 is 5.97 Å². The lowest BCUT2D eigenvalue weighted by molar-refractivity contribution is -0.141. The topological polar surface area (TPSA) is 57.5 Å². The molecule has 1 unspecified atom stereocenters. The van der Waals surface area contributed by atoms with Crippen LogP contribution in [0.2, 0.25) is 0 Å². The maximum atomic E-state index is 10.8. The van der Waals surface area contributed by atoms with Gasteiger partial charge in [0, 0.05) is 0 Å². The van der Waals surface area contributed by atoms with Crippen LogP contribution in [0.15, 0.2) is 30.3 Å². The second-order valence-electron chi connectivity index (χ2n) is 2.97. The summed E-state index contributed by atoms with van der Waals surface area (Å²) in [5.74, 6) is -1.83. The van der Waals surface area contributed by atoms with Crippen molar-refractivity contribution in [1.29, 1.82) is 0 Å². The van der Waals surface area contributed by atoms with E-state index in [-0.39, 0.29) is 0 Å². The standard InChI is InChI=1S/C10H12O3/c1-7(11)9(10(12)13)8-5-3-2-4-6-8/h2-7,9,11H,1H3,(H,12,13)/t7-,9?/m1/s1. The van der Waals surface area contributed by atoms with Crippen LogP contribution in [-0.4, -0.2) is 22.3 Å². The van der Waals surface area contributed by atoms with Gasteiger partial charge in [0.05, 0.1) is 6.10 Å². The van der Waals surface area contributed by atoms with E-state index in [1.807, 2.05) is 6.07 Å². The quantitative estimate of drug-likeness (QED) is 0.735. The van der Waals surface area contributed by atoms with E-state index >= 15 is 0 Å². The van der Waals surface area contributed by atoms with Gasteiger partial charge in [-0.3, -0.25) is 4.79 Å². The summed E-state index contributed by atoms with van der Waals surface area (Å²) in [6, 6.07) is 8.72. The summed E-state index contributed by atoms with van der Waals surface area (Å²) in [7, 11) is 0. The zero-order valence-corrected chi connectivity index (χ0v) is 7.34. The number of carbonyl (C=O) groups is 1. The molecule has 0 spiro atoms. The Morgan fingerprint density at radius 3 is 2.23 bits per heavy atom. The molecule has 0 amide bonds. The molecule has 1 aromatic carbocycles. The first-order valence-electron chi connectivity index (χ1n) is 4.08. The van der Waals surface area contributed by atoms with Crippen molar-refractivity contribution in [2.24, 2.45) is 0 Å². The molecule has 0 radical (unpaired) electrons. The number of hydrogen-bond acceptors (Lipinski definition) is 2. The Morgan fingerprint density at radius 1 is 1.31 bits per heavy atom. The van der Waals surface area contributed by atoms with Gasteiger partial charge in [-0.1, -0.05) is 30.3 Å². The maximum Gasteiger partial charge on any atom is 0.313 e. The van der Waals surface area contributed by atoms with Crippen molar-refractivity contribution in [2.45, 2.75) is 18.9 Å². The summed E-state index contributed by atoms with van der Waals surface area (Å²) in [6.07, 6.45) is -0.875. The third kappa shape index (κ3) is 2.29. The van der Waals surface area contributed by atoms with Gasteiger partial charge in [-0.15, -0.1) is 0 Å². The van der Waals surface area contributed by atoms with Crippen LogP contribution in [-0.2, 0) is 4.79 Å². The number of aliphatic hydroxyl groups is 1. The van der Waals surface area contributed by atoms with E-state index in [2.05, 4.69) is 0 Å². The van der Waals surface area contributed by atoms with Crippen LogP contribution in [0.1, 0.15) is 18.4 Å². The summed E-state index contributed by atoms with van der Waals surface area (Å²) >= 11 is 0. The highest BCUT2D eigenvalue weighted by Crippen LogP contribution is 2.19. The average Bonchev–Trinajstić information content (AvgIpc) is 2.04. The molecule has 1 rings (SSSR count). The van der Waals surface area contributed by atoms with Crippen LogP contribution in [0.4, 0.5) is 0 Å². The average molecular weight is 180 g/mol. The lowest BCUT2D eigenvalue weighted by Gasteiger charge is -2.14. The van der Waals surface area contributed by atoms with E-state index in [1.165, 1.54) is 6.92 Å². The first-order valence-corrected chi connectivity index (χ1v) is 4.08. The van der Waals surface area contributed by atoms with E-state index in [9.17, 15) is 9.90 Å². The van der Waals surface area contributed by atoms with Gasteiger partial charge in [-0.2, -0.15) is 0 Å². The molecule has 0 bridgehead atoms. The zero-order valence-electron chi connectivity index (χ0n) is 7.34. The molecule has 13 heavy (non-hydrogen) atoms. The number of aliphatic hydroxyl groups excluding tert-OH is 1. The van der Waals surface area contributed by atoms with Crippen molar-refractivity contribution in [3.63, 3.8) is 0 Å². The molecule has 0 saturated heterocycles. The monoisotopic (exact) mass is 180 g/mol. The second-order valence-corrected chi connectivity index (χ2v) is 2.97. The predicted octanol–water partition coefficient (Wildman–Crippen LogP) is 1.24. The fourth-order valence-electron chi connectivity index (χ4n) is 1.29. The van der Waals surface area contributed by atoms with Crippen LogP contribution in [0.5, 0.6) is 0 Å². The highest BCUT2D eigenvalue weighted by Gasteiger charge is 2.24. The molecule has 0 saturated carbocycles. The molecule has 2 N–H and O–H groups in total. The van der Waals surface area contributed by atoms with E-state index in [0.717, 1.165) is 0 Å². The molecule has 0 aromatic heterocycles. The molecular formula is C10H12O3. The van der Waals surface area contributed by atoms with E-state index in [0.29, 0.717) is 5.56 Å². The van der Waals surface area contributed by atoms with Crippen LogP contribution >= 0.6 is 0 Å². The van der Waals surface area contributed by atoms with Crippen molar-refractivity contribution in [3.8, 4) is 0 Å². The minimum Gasteiger partial charge on any atom is -0.481 e. The number of benzene rings is 1. The number of aliphatic carboxylic acids is 1. The molecule has 3 nitrogen and oxygen atoms in total. The van der Waals surface area contributed by atoms with E-state index in [4.69, 9.17) is 5.11 Å². The first kappa shape index (κ1) is 9.74. The van der Waals surface area contributed by atoms with Crippen molar-refractivity contribution < 1.29 is 15.0 Å². The minimum atomic E-state index is -0.999. The van der Waals surface area contributed by atoms with Crippen LogP contribution in [0, 0.1) is 0 Å². The van der Waals surface area contributed by atoms with E-state index in [1.54, 1.807) is 24.3 Å². The van der Waals surface area contributed by atoms with Crippen molar-refractivity contribution in [3.05, 3.63) is 35.9 Å². The zero-order chi connectivity index (χ0) is 9.84. The molecule has 3 heteroatoms. The number of carboxylic acids is 1. The van der Waals surface area contributed by atoms with Gasteiger partial charge in [0.15, 0.2) is 0 Å². The minimum absolute atomic E-state index is 0.630. The molecule has 0 aliphatic carbocycles. The number of rotatable bonds is 3. The van der Waals surface area contributed by atoms with Gasteiger partial charge in [-0.05, 0) is 12.5 Å². The summed E-state index contributed by atoms with van der Waals surface area (Å²) < 4.78 is 0. The fraction of sp³-hybridized carbons (Fsp3) is 0.300. The molecule has 1 aromatic rings. The van der Waals surface area contributed by atoms with Crippen molar-refractivity contribution in [2.75, 3.05) is 0 Å².